The number of ketones is 1. The van der Waals surface area contributed by atoms with Gasteiger partial charge in [-0.1, -0.05) is 31.9 Å². The fourth-order valence-corrected chi connectivity index (χ4v) is 2.05. The van der Waals surface area contributed by atoms with Gasteiger partial charge in [-0.3, -0.25) is 4.79 Å². The molecule has 0 bridgehead atoms. The van der Waals surface area contributed by atoms with Gasteiger partial charge in [-0.15, -0.1) is 0 Å². The summed E-state index contributed by atoms with van der Waals surface area (Å²) in [5, 5.41) is 0. The lowest BCUT2D eigenvalue weighted by atomic mass is 10.1. The first-order valence-corrected chi connectivity index (χ1v) is 6.21. The minimum Gasteiger partial charge on any atom is -0.385 e. The lowest BCUT2D eigenvalue weighted by molar-refractivity contribution is 0.0962. The molecular weight excluding hydrogens is 324 g/mol. The van der Waals surface area contributed by atoms with E-state index >= 15 is 0 Å². The average Bonchev–Trinajstić information content (AvgIpc) is 2.22. The summed E-state index contributed by atoms with van der Waals surface area (Å²) in [5.41, 5.74) is 0.723. The summed E-state index contributed by atoms with van der Waals surface area (Å²) in [5.74, 6) is 0.139. The van der Waals surface area contributed by atoms with Gasteiger partial charge in [0, 0.05) is 34.6 Å². The maximum absolute atomic E-state index is 11.8. The highest BCUT2D eigenvalue weighted by atomic mass is 79.9. The third-order valence-electron chi connectivity index (χ3n) is 1.98. The number of halogens is 2. The highest BCUT2D eigenvalue weighted by Gasteiger charge is 2.09. The SMILES string of the molecule is COCCCC(=O)c1cc(Br)ccc1Br. The summed E-state index contributed by atoms with van der Waals surface area (Å²) in [6.45, 7) is 0.622. The van der Waals surface area contributed by atoms with Crippen LogP contribution in [0.5, 0.6) is 0 Å². The van der Waals surface area contributed by atoms with E-state index in [1.807, 2.05) is 18.2 Å². The zero-order valence-corrected chi connectivity index (χ0v) is 11.6. The molecule has 0 aliphatic carbocycles. The molecule has 0 aliphatic heterocycles. The molecule has 4 heteroatoms. The number of rotatable bonds is 5. The van der Waals surface area contributed by atoms with Crippen LogP contribution in [0.2, 0.25) is 0 Å². The fourth-order valence-electron chi connectivity index (χ4n) is 1.22. The molecule has 0 atom stereocenters. The van der Waals surface area contributed by atoms with Crippen molar-refractivity contribution in [3.8, 4) is 0 Å². The monoisotopic (exact) mass is 334 g/mol. The van der Waals surface area contributed by atoms with Crippen molar-refractivity contribution >= 4 is 37.6 Å². The van der Waals surface area contributed by atoms with Crippen molar-refractivity contribution in [2.24, 2.45) is 0 Å². The van der Waals surface area contributed by atoms with Gasteiger partial charge < -0.3 is 4.74 Å². The van der Waals surface area contributed by atoms with Crippen molar-refractivity contribution in [1.29, 1.82) is 0 Å². The van der Waals surface area contributed by atoms with Crippen LogP contribution < -0.4 is 0 Å². The minimum atomic E-state index is 0.139. The number of hydrogen-bond donors (Lipinski definition) is 0. The second-order valence-corrected chi connectivity index (χ2v) is 4.91. The van der Waals surface area contributed by atoms with Gasteiger partial charge in [0.2, 0.25) is 0 Å². The molecular formula is C11H12Br2O2. The Morgan fingerprint density at radius 2 is 2.13 bits per heavy atom. The van der Waals surface area contributed by atoms with E-state index in [2.05, 4.69) is 31.9 Å². The largest absolute Gasteiger partial charge is 0.385 e. The molecule has 0 unspecified atom stereocenters. The number of hydrogen-bond acceptors (Lipinski definition) is 2. The molecule has 0 aromatic heterocycles. The van der Waals surface area contributed by atoms with Crippen LogP contribution in [0.3, 0.4) is 0 Å². The van der Waals surface area contributed by atoms with Gasteiger partial charge in [-0.05, 0) is 24.6 Å². The normalized spacial score (nSPS) is 10.3. The molecule has 1 aromatic carbocycles. The maximum atomic E-state index is 11.8. The summed E-state index contributed by atoms with van der Waals surface area (Å²) in [6, 6.07) is 5.60. The molecule has 2 nitrogen and oxygen atoms in total. The number of methoxy groups -OCH3 is 1. The number of carbonyl (C=O) groups excluding carboxylic acids is 1. The van der Waals surface area contributed by atoms with E-state index in [-0.39, 0.29) is 5.78 Å². The first-order valence-electron chi connectivity index (χ1n) is 4.62. The Balaban J connectivity index is 2.68. The van der Waals surface area contributed by atoms with Gasteiger partial charge >= 0.3 is 0 Å². The molecule has 0 N–H and O–H groups in total. The van der Waals surface area contributed by atoms with Crippen LogP contribution in [0.4, 0.5) is 0 Å². The molecule has 1 aromatic rings. The predicted molar refractivity (Wildman–Crippen MR) is 67.3 cm³/mol. The van der Waals surface area contributed by atoms with Crippen molar-refractivity contribution in [2.75, 3.05) is 13.7 Å². The second kappa shape index (κ2) is 6.40. The topological polar surface area (TPSA) is 26.3 Å². The Labute approximate surface area is 106 Å². The number of carbonyl (C=O) groups is 1. The summed E-state index contributed by atoms with van der Waals surface area (Å²) < 4.78 is 6.67. The Kier molecular flexibility index (Phi) is 5.50. The molecule has 0 radical (unpaired) electrons. The predicted octanol–water partition coefficient (Wildman–Crippen LogP) is 3.82. The van der Waals surface area contributed by atoms with Crippen molar-refractivity contribution in [3.05, 3.63) is 32.7 Å². The zero-order valence-electron chi connectivity index (χ0n) is 8.43. The van der Waals surface area contributed by atoms with E-state index in [0.29, 0.717) is 13.0 Å². The number of Topliss-reactive ketones (excluding diaryl/α,β-unsaturated/α-hetero) is 1. The average molecular weight is 336 g/mol. The van der Waals surface area contributed by atoms with Crippen LogP contribution in [0.1, 0.15) is 23.2 Å². The minimum absolute atomic E-state index is 0.139. The molecule has 0 fully saturated rings. The second-order valence-electron chi connectivity index (χ2n) is 3.14. The molecule has 15 heavy (non-hydrogen) atoms. The summed E-state index contributed by atoms with van der Waals surface area (Å²) in [6.07, 6.45) is 1.27. The van der Waals surface area contributed by atoms with Gasteiger partial charge in [-0.2, -0.15) is 0 Å². The molecule has 82 valence electrons. The third-order valence-corrected chi connectivity index (χ3v) is 3.17. The standard InChI is InChI=1S/C11H12Br2O2/c1-15-6-2-3-11(14)9-7-8(12)4-5-10(9)13/h4-5,7H,2-3,6H2,1H3. The van der Waals surface area contributed by atoms with E-state index in [4.69, 9.17) is 4.74 Å². The van der Waals surface area contributed by atoms with Crippen LogP contribution in [-0.4, -0.2) is 19.5 Å². The highest BCUT2D eigenvalue weighted by molar-refractivity contribution is 9.11. The Morgan fingerprint density at radius 3 is 2.80 bits per heavy atom. The Morgan fingerprint density at radius 1 is 1.40 bits per heavy atom. The lowest BCUT2D eigenvalue weighted by Crippen LogP contribution is -2.02. The first-order chi connectivity index (χ1) is 7.15. The van der Waals surface area contributed by atoms with Gasteiger partial charge in [0.25, 0.3) is 0 Å². The maximum Gasteiger partial charge on any atom is 0.164 e. The van der Waals surface area contributed by atoms with Gasteiger partial charge in [0.1, 0.15) is 0 Å². The van der Waals surface area contributed by atoms with E-state index in [0.717, 1.165) is 20.9 Å². The van der Waals surface area contributed by atoms with Crippen LogP contribution >= 0.6 is 31.9 Å². The van der Waals surface area contributed by atoms with E-state index < -0.39 is 0 Å². The van der Waals surface area contributed by atoms with Crippen molar-refractivity contribution in [3.63, 3.8) is 0 Å². The molecule has 0 saturated carbocycles. The molecule has 0 aliphatic rings. The Bertz CT molecular complexity index is 350. The van der Waals surface area contributed by atoms with Crippen LogP contribution in [0.15, 0.2) is 27.1 Å². The van der Waals surface area contributed by atoms with Crippen molar-refractivity contribution < 1.29 is 9.53 Å². The summed E-state index contributed by atoms with van der Waals surface area (Å²) >= 11 is 6.72. The summed E-state index contributed by atoms with van der Waals surface area (Å²) in [4.78, 5) is 11.8. The van der Waals surface area contributed by atoms with Crippen molar-refractivity contribution in [2.45, 2.75) is 12.8 Å². The van der Waals surface area contributed by atoms with Gasteiger partial charge in [0.15, 0.2) is 5.78 Å². The summed E-state index contributed by atoms with van der Waals surface area (Å²) in [7, 11) is 1.64. The number of benzene rings is 1. The van der Waals surface area contributed by atoms with Gasteiger partial charge in [-0.25, -0.2) is 0 Å². The van der Waals surface area contributed by atoms with Crippen LogP contribution in [0, 0.1) is 0 Å². The smallest absolute Gasteiger partial charge is 0.164 e. The van der Waals surface area contributed by atoms with E-state index in [1.165, 1.54) is 0 Å². The quantitative estimate of drug-likeness (QED) is 0.604. The third kappa shape index (κ3) is 4.05. The molecule has 0 amide bonds. The lowest BCUT2D eigenvalue weighted by Gasteiger charge is -2.04. The van der Waals surface area contributed by atoms with Crippen LogP contribution in [0.25, 0.3) is 0 Å². The molecule has 1 rings (SSSR count). The van der Waals surface area contributed by atoms with E-state index in [1.54, 1.807) is 7.11 Å². The Hall–Kier alpha value is -0.190. The molecule has 0 heterocycles. The zero-order chi connectivity index (χ0) is 11.3. The number of ether oxygens (including phenoxy) is 1. The molecule has 0 saturated heterocycles. The van der Waals surface area contributed by atoms with Gasteiger partial charge in [0.05, 0.1) is 0 Å². The molecule has 0 spiro atoms. The van der Waals surface area contributed by atoms with E-state index in [9.17, 15) is 4.79 Å². The highest BCUT2D eigenvalue weighted by Crippen LogP contribution is 2.23. The van der Waals surface area contributed by atoms with Crippen LogP contribution in [-0.2, 0) is 4.74 Å². The first kappa shape index (κ1) is 12.9. The fraction of sp³-hybridized carbons (Fsp3) is 0.364. The van der Waals surface area contributed by atoms with Crippen molar-refractivity contribution in [1.82, 2.24) is 0 Å².